The number of halogens is 1. The van der Waals surface area contributed by atoms with E-state index in [1.54, 1.807) is 0 Å². The molecule has 0 amide bonds. The van der Waals surface area contributed by atoms with Crippen LogP contribution in [0.15, 0.2) is 54.6 Å². The van der Waals surface area contributed by atoms with Gasteiger partial charge in [0.15, 0.2) is 0 Å². The Morgan fingerprint density at radius 1 is 0.800 bits per heavy atom. The number of alkyl halides is 1. The van der Waals surface area contributed by atoms with Crippen LogP contribution in [0.25, 0.3) is 11.1 Å². The van der Waals surface area contributed by atoms with Crippen molar-refractivity contribution in [1.82, 2.24) is 0 Å². The summed E-state index contributed by atoms with van der Waals surface area (Å²) in [6.45, 7) is 0. The molecular formula is C13H12BrN. The topological polar surface area (TPSA) is 12.0 Å². The lowest BCUT2D eigenvalue weighted by atomic mass is 10.1. The molecule has 0 saturated carbocycles. The second-order valence-electron chi connectivity index (χ2n) is 3.25. The van der Waals surface area contributed by atoms with Crippen LogP contribution in [0.4, 0.5) is 5.69 Å². The maximum Gasteiger partial charge on any atom is 0.0707 e. The summed E-state index contributed by atoms with van der Waals surface area (Å²) >= 11 is 3.34. The summed E-state index contributed by atoms with van der Waals surface area (Å²) in [5.74, 6) is 0. The fraction of sp³-hybridized carbons (Fsp3) is 0.0769. The van der Waals surface area contributed by atoms with Gasteiger partial charge in [-0.3, -0.25) is 0 Å². The van der Waals surface area contributed by atoms with Crippen LogP contribution in [-0.4, -0.2) is 5.45 Å². The Labute approximate surface area is 98.3 Å². The maximum absolute atomic E-state index is 3.34. The smallest absolute Gasteiger partial charge is 0.0707 e. The van der Waals surface area contributed by atoms with Gasteiger partial charge in [0.1, 0.15) is 0 Å². The summed E-state index contributed by atoms with van der Waals surface area (Å²) in [7, 11) is 0. The quantitative estimate of drug-likeness (QED) is 0.648. The summed E-state index contributed by atoms with van der Waals surface area (Å²) in [6.07, 6.45) is 0. The van der Waals surface area contributed by atoms with Crippen molar-refractivity contribution >= 4 is 21.6 Å². The monoisotopic (exact) mass is 261 g/mol. The fourth-order valence-electron chi connectivity index (χ4n) is 1.49. The zero-order chi connectivity index (χ0) is 10.5. The van der Waals surface area contributed by atoms with E-state index >= 15 is 0 Å². The van der Waals surface area contributed by atoms with E-state index in [0.29, 0.717) is 0 Å². The van der Waals surface area contributed by atoms with Crippen LogP contribution in [-0.2, 0) is 0 Å². The van der Waals surface area contributed by atoms with Crippen molar-refractivity contribution in [1.29, 1.82) is 0 Å². The van der Waals surface area contributed by atoms with Crippen molar-refractivity contribution in [2.45, 2.75) is 0 Å². The average molecular weight is 262 g/mol. The lowest BCUT2D eigenvalue weighted by Crippen LogP contribution is -1.92. The van der Waals surface area contributed by atoms with Crippen molar-refractivity contribution in [2.24, 2.45) is 0 Å². The summed E-state index contributed by atoms with van der Waals surface area (Å²) in [5, 5.41) is 3.20. The minimum absolute atomic E-state index is 0.775. The fourth-order valence-corrected chi connectivity index (χ4v) is 1.81. The molecule has 15 heavy (non-hydrogen) atoms. The van der Waals surface area contributed by atoms with Crippen LogP contribution < -0.4 is 5.32 Å². The van der Waals surface area contributed by atoms with Gasteiger partial charge in [0.25, 0.3) is 0 Å². The molecule has 0 spiro atoms. The van der Waals surface area contributed by atoms with Crippen LogP contribution in [0.2, 0.25) is 0 Å². The third-order valence-corrected chi connectivity index (χ3v) is 2.54. The summed E-state index contributed by atoms with van der Waals surface area (Å²) in [5.41, 5.74) is 4.41. The Bertz CT molecular complexity index is 408. The number of benzene rings is 2. The molecule has 0 aliphatic carbocycles. The average Bonchev–Trinajstić information content (AvgIpc) is 2.32. The number of nitrogens with one attached hydrogen (secondary N) is 1. The van der Waals surface area contributed by atoms with Gasteiger partial charge in [0, 0.05) is 5.69 Å². The van der Waals surface area contributed by atoms with Crippen molar-refractivity contribution in [2.75, 3.05) is 10.8 Å². The molecule has 0 atom stereocenters. The number of hydrogen-bond acceptors (Lipinski definition) is 1. The Hall–Kier alpha value is -1.28. The lowest BCUT2D eigenvalue weighted by molar-refractivity contribution is 1.48. The zero-order valence-corrected chi connectivity index (χ0v) is 9.87. The second-order valence-corrected chi connectivity index (χ2v) is 3.81. The van der Waals surface area contributed by atoms with Gasteiger partial charge in [-0.25, -0.2) is 0 Å². The third kappa shape index (κ3) is 2.60. The van der Waals surface area contributed by atoms with Gasteiger partial charge in [-0.2, -0.15) is 0 Å². The molecule has 1 nitrogen and oxygen atoms in total. The highest BCUT2D eigenvalue weighted by Crippen LogP contribution is 2.20. The first-order valence-electron chi connectivity index (χ1n) is 4.85. The minimum Gasteiger partial charge on any atom is -0.375 e. The van der Waals surface area contributed by atoms with E-state index in [4.69, 9.17) is 0 Å². The van der Waals surface area contributed by atoms with Crippen LogP contribution in [0, 0.1) is 0 Å². The Balaban J connectivity index is 2.24. The first-order chi connectivity index (χ1) is 7.40. The van der Waals surface area contributed by atoms with Gasteiger partial charge in [-0.05, 0) is 23.3 Å². The van der Waals surface area contributed by atoms with E-state index in [1.807, 2.05) is 6.07 Å². The van der Waals surface area contributed by atoms with Crippen molar-refractivity contribution in [3.63, 3.8) is 0 Å². The van der Waals surface area contributed by atoms with Gasteiger partial charge >= 0.3 is 0 Å². The zero-order valence-electron chi connectivity index (χ0n) is 8.28. The molecule has 0 aliphatic heterocycles. The van der Waals surface area contributed by atoms with E-state index in [-0.39, 0.29) is 0 Å². The maximum atomic E-state index is 3.34. The van der Waals surface area contributed by atoms with E-state index < -0.39 is 0 Å². The Morgan fingerprint density at radius 2 is 1.40 bits per heavy atom. The van der Waals surface area contributed by atoms with Gasteiger partial charge in [0.05, 0.1) is 5.45 Å². The van der Waals surface area contributed by atoms with Crippen LogP contribution in [0.1, 0.15) is 0 Å². The molecule has 0 heterocycles. The molecule has 0 aromatic heterocycles. The number of rotatable bonds is 3. The summed E-state index contributed by atoms with van der Waals surface area (Å²) in [6, 6.07) is 18.8. The molecule has 1 N–H and O–H groups in total. The van der Waals surface area contributed by atoms with Gasteiger partial charge in [-0.15, -0.1) is 0 Å². The van der Waals surface area contributed by atoms with Gasteiger partial charge in [-0.1, -0.05) is 58.4 Å². The molecule has 0 bridgehead atoms. The largest absolute Gasteiger partial charge is 0.375 e. The van der Waals surface area contributed by atoms with Crippen LogP contribution >= 0.6 is 15.9 Å². The van der Waals surface area contributed by atoms with E-state index in [2.05, 4.69) is 69.8 Å². The molecular weight excluding hydrogens is 250 g/mol. The van der Waals surface area contributed by atoms with Crippen LogP contribution in [0.5, 0.6) is 0 Å². The first-order valence-corrected chi connectivity index (χ1v) is 5.97. The van der Waals surface area contributed by atoms with E-state index in [1.165, 1.54) is 11.1 Å². The highest BCUT2D eigenvalue weighted by atomic mass is 79.9. The number of anilines is 1. The standard InChI is InChI=1S/C13H12BrN/c14-10-15-13-8-6-12(7-9-13)11-4-2-1-3-5-11/h1-9,15H,10H2. The van der Waals surface area contributed by atoms with E-state index in [0.717, 1.165) is 11.1 Å². The van der Waals surface area contributed by atoms with E-state index in [9.17, 15) is 0 Å². The first kappa shape index (κ1) is 10.2. The molecule has 2 aromatic rings. The highest BCUT2D eigenvalue weighted by molar-refractivity contribution is 9.09. The van der Waals surface area contributed by atoms with Crippen molar-refractivity contribution in [3.8, 4) is 11.1 Å². The lowest BCUT2D eigenvalue weighted by Gasteiger charge is -2.04. The molecule has 2 rings (SSSR count). The minimum atomic E-state index is 0.775. The molecule has 2 heteroatoms. The molecule has 0 unspecified atom stereocenters. The number of hydrogen-bond donors (Lipinski definition) is 1. The molecule has 0 aliphatic rings. The second kappa shape index (κ2) is 4.99. The molecule has 2 aromatic carbocycles. The summed E-state index contributed by atoms with van der Waals surface area (Å²) < 4.78 is 0. The summed E-state index contributed by atoms with van der Waals surface area (Å²) in [4.78, 5) is 0. The molecule has 0 fully saturated rings. The molecule has 76 valence electrons. The molecule has 0 radical (unpaired) electrons. The Kier molecular flexibility index (Phi) is 3.41. The van der Waals surface area contributed by atoms with Gasteiger partial charge < -0.3 is 5.32 Å². The van der Waals surface area contributed by atoms with Crippen molar-refractivity contribution < 1.29 is 0 Å². The molecule has 0 saturated heterocycles. The Morgan fingerprint density at radius 3 is 2.00 bits per heavy atom. The van der Waals surface area contributed by atoms with Crippen molar-refractivity contribution in [3.05, 3.63) is 54.6 Å². The van der Waals surface area contributed by atoms with Gasteiger partial charge in [0.2, 0.25) is 0 Å². The predicted molar refractivity (Wildman–Crippen MR) is 69.3 cm³/mol. The predicted octanol–water partition coefficient (Wildman–Crippen LogP) is 4.12. The van der Waals surface area contributed by atoms with Crippen LogP contribution in [0.3, 0.4) is 0 Å². The third-order valence-electron chi connectivity index (χ3n) is 2.26. The normalized spacial score (nSPS) is 9.93. The SMILES string of the molecule is BrCNc1ccc(-c2ccccc2)cc1. The highest BCUT2D eigenvalue weighted by Gasteiger charge is 1.95.